The van der Waals surface area contributed by atoms with Crippen LogP contribution in [0, 0.1) is 17.3 Å². The van der Waals surface area contributed by atoms with E-state index in [4.69, 9.17) is 0 Å². The smallest absolute Gasteiger partial charge is 0.115 e. The van der Waals surface area contributed by atoms with Crippen molar-refractivity contribution in [3.63, 3.8) is 0 Å². The van der Waals surface area contributed by atoms with Gasteiger partial charge < -0.3 is 5.11 Å². The molecule has 3 heteroatoms. The van der Waals surface area contributed by atoms with E-state index in [1.54, 1.807) is 5.56 Å². The van der Waals surface area contributed by atoms with Crippen molar-refractivity contribution in [1.82, 2.24) is 0 Å². The predicted molar refractivity (Wildman–Crippen MR) is 112 cm³/mol. The molecule has 0 radical (unpaired) electrons. The second-order valence-electron chi connectivity index (χ2n) is 9.13. The third kappa shape index (κ3) is 3.25. The molecule has 1 heterocycles. The average molecular weight is 377 g/mol. The molecule has 2 aliphatic carbocycles. The highest BCUT2D eigenvalue weighted by Gasteiger charge is 2.55. The average Bonchev–Trinajstić information content (AvgIpc) is 3.02. The summed E-state index contributed by atoms with van der Waals surface area (Å²) >= 11 is 4.50. The van der Waals surface area contributed by atoms with Gasteiger partial charge in [0, 0.05) is 11.5 Å². The van der Waals surface area contributed by atoms with Crippen molar-refractivity contribution < 1.29 is 5.11 Å². The summed E-state index contributed by atoms with van der Waals surface area (Å²) < 4.78 is 0.457. The van der Waals surface area contributed by atoms with Gasteiger partial charge in [-0.15, -0.1) is 23.5 Å². The van der Waals surface area contributed by atoms with E-state index in [-0.39, 0.29) is 0 Å². The molecule has 0 aromatic heterocycles. The number of hydrogen-bond donors (Lipinski definition) is 1. The Bertz CT molecular complexity index is 635. The van der Waals surface area contributed by atoms with E-state index in [2.05, 4.69) is 50.4 Å². The van der Waals surface area contributed by atoms with Crippen molar-refractivity contribution in [2.24, 2.45) is 17.3 Å². The molecule has 0 amide bonds. The topological polar surface area (TPSA) is 20.2 Å². The Morgan fingerprint density at radius 1 is 1.20 bits per heavy atom. The molecule has 1 aromatic carbocycles. The molecule has 3 aliphatic rings. The summed E-state index contributed by atoms with van der Waals surface area (Å²) in [6.45, 7) is 7.34. The van der Waals surface area contributed by atoms with E-state index < -0.39 is 0 Å². The maximum Gasteiger partial charge on any atom is 0.115 e. The molecular weight excluding hydrogens is 344 g/mol. The lowest BCUT2D eigenvalue weighted by Gasteiger charge is -2.56. The van der Waals surface area contributed by atoms with Gasteiger partial charge in [-0.25, -0.2) is 0 Å². The van der Waals surface area contributed by atoms with E-state index in [0.717, 1.165) is 18.3 Å². The second kappa shape index (κ2) is 6.71. The molecule has 1 aromatic rings. The van der Waals surface area contributed by atoms with Crippen LogP contribution < -0.4 is 0 Å². The fourth-order valence-electron chi connectivity index (χ4n) is 5.62. The number of aryl methyl sites for hydroxylation is 1. The quantitative estimate of drug-likeness (QED) is 0.654. The summed E-state index contributed by atoms with van der Waals surface area (Å²) in [5.41, 5.74) is 3.40. The van der Waals surface area contributed by atoms with Crippen LogP contribution in [0.1, 0.15) is 69.9 Å². The lowest BCUT2D eigenvalue weighted by molar-refractivity contribution is 0.0539. The van der Waals surface area contributed by atoms with Gasteiger partial charge in [-0.2, -0.15) is 0 Å². The number of fused-ring (bicyclic) bond motifs is 3. The molecule has 1 saturated heterocycles. The largest absolute Gasteiger partial charge is 0.508 e. The molecule has 1 aliphatic heterocycles. The Labute approximate surface area is 161 Å². The minimum absolute atomic E-state index is 0.438. The standard InChI is InChI=1S/C22H32OS2/c1-15(2)4-5-17-13-22(24-10-11-25-22)14-20-19-7-6-18(23)12-16(19)8-9-21(17,20)3/h6-7,12,15,17,20,23H,4-5,8-11,13-14H2,1-3H3/t17-,20+,21-/m0/s1. The molecule has 1 saturated carbocycles. The number of rotatable bonds is 3. The van der Waals surface area contributed by atoms with Crippen molar-refractivity contribution >= 4 is 23.5 Å². The molecule has 1 nitrogen and oxygen atoms in total. The zero-order chi connectivity index (χ0) is 17.7. The van der Waals surface area contributed by atoms with Crippen molar-refractivity contribution in [2.45, 2.75) is 69.3 Å². The monoisotopic (exact) mass is 376 g/mol. The molecule has 2 fully saturated rings. The van der Waals surface area contributed by atoms with Gasteiger partial charge in [0.1, 0.15) is 5.75 Å². The first-order chi connectivity index (χ1) is 11.9. The molecule has 1 N–H and O–H groups in total. The summed E-state index contributed by atoms with van der Waals surface area (Å²) in [6, 6.07) is 6.20. The van der Waals surface area contributed by atoms with Crippen molar-refractivity contribution in [3.05, 3.63) is 29.3 Å². The molecule has 0 unspecified atom stereocenters. The molecular formula is C22H32OS2. The van der Waals surface area contributed by atoms with E-state index in [9.17, 15) is 5.11 Å². The highest BCUT2D eigenvalue weighted by Crippen LogP contribution is 2.66. The van der Waals surface area contributed by atoms with Gasteiger partial charge in [-0.05, 0) is 78.5 Å². The second-order valence-corrected chi connectivity index (χ2v) is 12.3. The maximum absolute atomic E-state index is 9.94. The molecule has 4 rings (SSSR count). The zero-order valence-corrected chi connectivity index (χ0v) is 17.5. The Kier molecular flexibility index (Phi) is 4.86. The normalized spacial score (nSPS) is 33.4. The van der Waals surface area contributed by atoms with Gasteiger partial charge in [0.15, 0.2) is 0 Å². The van der Waals surface area contributed by atoms with E-state index in [1.807, 2.05) is 12.1 Å². The van der Waals surface area contributed by atoms with Gasteiger partial charge in [0.2, 0.25) is 0 Å². The van der Waals surface area contributed by atoms with E-state index >= 15 is 0 Å². The maximum atomic E-state index is 9.94. The summed E-state index contributed by atoms with van der Waals surface area (Å²) in [7, 11) is 0. The Morgan fingerprint density at radius 3 is 2.68 bits per heavy atom. The molecule has 1 spiro atoms. The Hall–Kier alpha value is -0.280. The first-order valence-electron chi connectivity index (χ1n) is 10.0. The zero-order valence-electron chi connectivity index (χ0n) is 15.9. The molecule has 0 bridgehead atoms. The first kappa shape index (κ1) is 18.1. The third-order valence-corrected chi connectivity index (χ3v) is 10.6. The van der Waals surface area contributed by atoms with Gasteiger partial charge in [0.25, 0.3) is 0 Å². The van der Waals surface area contributed by atoms with Crippen LogP contribution in [0.2, 0.25) is 0 Å². The fraction of sp³-hybridized carbons (Fsp3) is 0.727. The molecule has 3 atom stereocenters. The van der Waals surface area contributed by atoms with Crippen LogP contribution in [0.4, 0.5) is 0 Å². The van der Waals surface area contributed by atoms with Crippen LogP contribution in [-0.4, -0.2) is 20.7 Å². The fourth-order valence-corrected chi connectivity index (χ4v) is 9.07. The summed E-state index contributed by atoms with van der Waals surface area (Å²) in [4.78, 5) is 0. The van der Waals surface area contributed by atoms with Crippen LogP contribution >= 0.6 is 23.5 Å². The number of phenols is 1. The van der Waals surface area contributed by atoms with Gasteiger partial charge in [-0.3, -0.25) is 0 Å². The lowest BCUT2D eigenvalue weighted by atomic mass is 9.53. The summed E-state index contributed by atoms with van der Waals surface area (Å²) in [5, 5.41) is 9.94. The van der Waals surface area contributed by atoms with Crippen molar-refractivity contribution in [2.75, 3.05) is 11.5 Å². The minimum Gasteiger partial charge on any atom is -0.508 e. The Balaban J connectivity index is 1.71. The molecule has 138 valence electrons. The van der Waals surface area contributed by atoms with Crippen LogP contribution in [-0.2, 0) is 6.42 Å². The van der Waals surface area contributed by atoms with Crippen molar-refractivity contribution in [1.29, 1.82) is 0 Å². The molecule has 25 heavy (non-hydrogen) atoms. The number of benzene rings is 1. The SMILES string of the molecule is CC(C)CC[C@H]1CC2(C[C@@H]3c4ccc(O)cc4CC[C@@]13C)SCCS2. The van der Waals surface area contributed by atoms with Crippen LogP contribution in [0.3, 0.4) is 0 Å². The van der Waals surface area contributed by atoms with Gasteiger partial charge in [0.05, 0.1) is 4.08 Å². The number of phenolic OH excluding ortho intramolecular Hbond substituents is 1. The van der Waals surface area contributed by atoms with Gasteiger partial charge >= 0.3 is 0 Å². The summed E-state index contributed by atoms with van der Waals surface area (Å²) in [5.74, 6) is 5.40. The first-order valence-corrected chi connectivity index (χ1v) is 12.0. The van der Waals surface area contributed by atoms with Gasteiger partial charge in [-0.1, -0.05) is 33.3 Å². The van der Waals surface area contributed by atoms with Crippen molar-refractivity contribution in [3.8, 4) is 5.75 Å². The van der Waals surface area contributed by atoms with E-state index in [1.165, 1.54) is 49.2 Å². The highest BCUT2D eigenvalue weighted by molar-refractivity contribution is 8.21. The van der Waals surface area contributed by atoms with Crippen LogP contribution in [0.25, 0.3) is 0 Å². The predicted octanol–water partition coefficient (Wildman–Crippen LogP) is 6.45. The minimum atomic E-state index is 0.438. The number of thioether (sulfide) groups is 2. The number of hydrogen-bond acceptors (Lipinski definition) is 3. The summed E-state index contributed by atoms with van der Waals surface area (Å²) in [6.07, 6.45) is 7.93. The third-order valence-electron chi connectivity index (χ3n) is 7.14. The number of aromatic hydroxyl groups is 1. The van der Waals surface area contributed by atoms with Crippen LogP contribution in [0.15, 0.2) is 18.2 Å². The highest BCUT2D eigenvalue weighted by atomic mass is 32.2. The Morgan fingerprint density at radius 2 is 1.96 bits per heavy atom. The van der Waals surface area contributed by atoms with E-state index in [0.29, 0.717) is 21.2 Å². The van der Waals surface area contributed by atoms with Crippen LogP contribution in [0.5, 0.6) is 5.75 Å². The lowest BCUT2D eigenvalue weighted by Crippen LogP contribution is -2.47.